The minimum absolute atomic E-state index is 0.155. The molecule has 1 aliphatic rings. The van der Waals surface area contributed by atoms with Gasteiger partial charge in [0, 0.05) is 12.6 Å². The van der Waals surface area contributed by atoms with Gasteiger partial charge in [0.05, 0.1) is 0 Å². The lowest BCUT2D eigenvalue weighted by molar-refractivity contribution is -0.174. The summed E-state index contributed by atoms with van der Waals surface area (Å²) in [5, 5.41) is 3.52. The number of nitrogens with one attached hydrogen (secondary N) is 1. The normalized spacial score (nSPS) is 21.5. The van der Waals surface area contributed by atoms with E-state index in [9.17, 15) is 13.2 Å². The van der Waals surface area contributed by atoms with E-state index in [0.717, 1.165) is 19.4 Å². The summed E-state index contributed by atoms with van der Waals surface area (Å²) in [4.78, 5) is 0. The van der Waals surface area contributed by atoms with E-state index in [1.54, 1.807) is 0 Å². The number of fused-ring (bicyclic) bond motifs is 1. The molecule has 5 heteroatoms. The highest BCUT2D eigenvalue weighted by Gasteiger charge is 2.32. The van der Waals surface area contributed by atoms with Crippen LogP contribution in [-0.4, -0.2) is 25.9 Å². The molecule has 1 aliphatic carbocycles. The molecule has 21 heavy (non-hydrogen) atoms. The van der Waals surface area contributed by atoms with Crippen LogP contribution in [0, 0.1) is 5.92 Å². The molecule has 2 rings (SSSR count). The molecule has 0 saturated carbocycles. The Morgan fingerprint density at radius 3 is 2.76 bits per heavy atom. The van der Waals surface area contributed by atoms with Crippen LogP contribution in [0.25, 0.3) is 0 Å². The average Bonchev–Trinajstić information content (AvgIpc) is 2.78. The second-order valence-corrected chi connectivity index (χ2v) is 5.55. The monoisotopic (exact) mass is 301 g/mol. The molecule has 0 fully saturated rings. The van der Waals surface area contributed by atoms with Crippen molar-refractivity contribution in [2.45, 2.75) is 38.4 Å². The molecule has 0 heterocycles. The Bertz CT molecular complexity index is 447. The molecular formula is C16H22F3NO. The number of benzene rings is 1. The lowest BCUT2D eigenvalue weighted by Gasteiger charge is -2.22. The van der Waals surface area contributed by atoms with Crippen molar-refractivity contribution < 1.29 is 17.9 Å². The van der Waals surface area contributed by atoms with Crippen LogP contribution in [0.3, 0.4) is 0 Å². The third kappa shape index (κ3) is 4.71. The Morgan fingerprint density at radius 2 is 2.05 bits per heavy atom. The number of ether oxygens (including phenoxy) is 1. The van der Waals surface area contributed by atoms with Crippen molar-refractivity contribution in [3.05, 3.63) is 35.4 Å². The van der Waals surface area contributed by atoms with Crippen LogP contribution in [0.15, 0.2) is 24.3 Å². The Labute approximate surface area is 123 Å². The highest BCUT2D eigenvalue weighted by atomic mass is 19.4. The lowest BCUT2D eigenvalue weighted by atomic mass is 9.97. The van der Waals surface area contributed by atoms with Crippen LogP contribution in [-0.2, 0) is 11.2 Å². The zero-order valence-corrected chi connectivity index (χ0v) is 12.2. The summed E-state index contributed by atoms with van der Waals surface area (Å²) in [5.74, 6) is 0.308. The molecule has 2 unspecified atom stereocenters. The Hall–Kier alpha value is -1.07. The standard InChI is InChI=1S/C16H22F3NO/c1-2-8-20-15-13(7-9-21-11-16(17,18)19)10-12-5-3-4-6-14(12)15/h3-6,13,15,20H,2,7-11H2,1H3. The molecule has 0 aromatic heterocycles. The van der Waals surface area contributed by atoms with Crippen molar-refractivity contribution >= 4 is 0 Å². The predicted octanol–water partition coefficient (Wildman–Crippen LogP) is 3.87. The summed E-state index contributed by atoms with van der Waals surface area (Å²) in [7, 11) is 0. The first-order valence-corrected chi connectivity index (χ1v) is 7.47. The molecule has 0 amide bonds. The molecule has 118 valence electrons. The summed E-state index contributed by atoms with van der Waals surface area (Å²) in [6.45, 7) is 2.02. The SMILES string of the molecule is CCCNC1c2ccccc2CC1CCOCC(F)(F)F. The number of rotatable bonds is 7. The summed E-state index contributed by atoms with van der Waals surface area (Å²) >= 11 is 0. The van der Waals surface area contributed by atoms with Crippen LogP contribution in [0.2, 0.25) is 0 Å². The van der Waals surface area contributed by atoms with E-state index in [4.69, 9.17) is 4.74 Å². The lowest BCUT2D eigenvalue weighted by Crippen LogP contribution is -2.27. The Kier molecular flexibility index (Phi) is 5.65. The van der Waals surface area contributed by atoms with Gasteiger partial charge in [-0.25, -0.2) is 0 Å². The van der Waals surface area contributed by atoms with Gasteiger partial charge in [0.15, 0.2) is 0 Å². The molecule has 1 aromatic carbocycles. The van der Waals surface area contributed by atoms with Gasteiger partial charge in [-0.05, 0) is 42.9 Å². The van der Waals surface area contributed by atoms with E-state index in [1.165, 1.54) is 11.1 Å². The van der Waals surface area contributed by atoms with Gasteiger partial charge < -0.3 is 10.1 Å². The number of halogens is 3. The van der Waals surface area contributed by atoms with E-state index in [0.29, 0.717) is 12.3 Å². The van der Waals surface area contributed by atoms with Crippen molar-refractivity contribution in [1.29, 1.82) is 0 Å². The van der Waals surface area contributed by atoms with Crippen LogP contribution in [0.5, 0.6) is 0 Å². The molecule has 0 aliphatic heterocycles. The van der Waals surface area contributed by atoms with Gasteiger partial charge in [-0.2, -0.15) is 13.2 Å². The highest BCUT2D eigenvalue weighted by Crippen LogP contribution is 2.37. The van der Waals surface area contributed by atoms with Crippen molar-refractivity contribution in [2.75, 3.05) is 19.8 Å². The topological polar surface area (TPSA) is 21.3 Å². The number of alkyl halides is 3. The van der Waals surface area contributed by atoms with Crippen molar-refractivity contribution in [3.8, 4) is 0 Å². The summed E-state index contributed by atoms with van der Waals surface area (Å²) in [6.07, 6.45) is -1.65. The van der Waals surface area contributed by atoms with Crippen LogP contribution in [0.4, 0.5) is 13.2 Å². The van der Waals surface area contributed by atoms with Gasteiger partial charge in [0.25, 0.3) is 0 Å². The summed E-state index contributed by atoms with van der Waals surface area (Å²) in [5.41, 5.74) is 2.58. The first-order valence-electron chi connectivity index (χ1n) is 7.47. The summed E-state index contributed by atoms with van der Waals surface area (Å²) < 4.78 is 41.0. The van der Waals surface area contributed by atoms with E-state index in [1.807, 2.05) is 12.1 Å². The third-order valence-electron chi connectivity index (χ3n) is 3.86. The first kappa shape index (κ1) is 16.3. The van der Waals surface area contributed by atoms with Gasteiger partial charge in [-0.3, -0.25) is 0 Å². The zero-order valence-electron chi connectivity index (χ0n) is 12.2. The zero-order chi connectivity index (χ0) is 15.3. The molecule has 1 N–H and O–H groups in total. The van der Waals surface area contributed by atoms with E-state index in [-0.39, 0.29) is 12.6 Å². The molecule has 2 atom stereocenters. The molecule has 0 bridgehead atoms. The first-order chi connectivity index (χ1) is 10.0. The number of hydrogen-bond acceptors (Lipinski definition) is 2. The van der Waals surface area contributed by atoms with Crippen molar-refractivity contribution in [3.63, 3.8) is 0 Å². The predicted molar refractivity (Wildman–Crippen MR) is 76.2 cm³/mol. The third-order valence-corrected chi connectivity index (χ3v) is 3.86. The van der Waals surface area contributed by atoms with Crippen LogP contribution in [0.1, 0.15) is 36.9 Å². The van der Waals surface area contributed by atoms with Crippen molar-refractivity contribution in [1.82, 2.24) is 5.32 Å². The molecule has 1 aromatic rings. The summed E-state index contributed by atoms with van der Waals surface area (Å²) in [6, 6.07) is 8.47. The van der Waals surface area contributed by atoms with Gasteiger partial charge >= 0.3 is 6.18 Å². The molecule has 2 nitrogen and oxygen atoms in total. The maximum Gasteiger partial charge on any atom is 0.411 e. The molecule has 0 saturated heterocycles. The molecule has 0 radical (unpaired) electrons. The maximum absolute atomic E-state index is 12.1. The fourth-order valence-electron chi connectivity index (χ4n) is 2.95. The van der Waals surface area contributed by atoms with Gasteiger partial charge in [0.2, 0.25) is 0 Å². The molecule has 0 spiro atoms. The largest absolute Gasteiger partial charge is 0.411 e. The van der Waals surface area contributed by atoms with Crippen LogP contribution >= 0.6 is 0 Å². The van der Waals surface area contributed by atoms with Gasteiger partial charge in [-0.1, -0.05) is 31.2 Å². The average molecular weight is 301 g/mol. The van der Waals surface area contributed by atoms with Gasteiger partial charge in [0.1, 0.15) is 6.61 Å². The smallest absolute Gasteiger partial charge is 0.372 e. The Morgan fingerprint density at radius 1 is 1.29 bits per heavy atom. The van der Waals surface area contributed by atoms with Crippen molar-refractivity contribution in [2.24, 2.45) is 5.92 Å². The van der Waals surface area contributed by atoms with Crippen LogP contribution < -0.4 is 5.32 Å². The fraction of sp³-hybridized carbons (Fsp3) is 0.625. The minimum Gasteiger partial charge on any atom is -0.372 e. The highest BCUT2D eigenvalue weighted by molar-refractivity contribution is 5.35. The van der Waals surface area contributed by atoms with E-state index < -0.39 is 12.8 Å². The van der Waals surface area contributed by atoms with E-state index in [2.05, 4.69) is 24.4 Å². The van der Waals surface area contributed by atoms with E-state index >= 15 is 0 Å². The quantitative estimate of drug-likeness (QED) is 0.772. The second kappa shape index (κ2) is 7.27. The Balaban J connectivity index is 1.90. The minimum atomic E-state index is -4.24. The maximum atomic E-state index is 12.1. The number of hydrogen-bond donors (Lipinski definition) is 1. The van der Waals surface area contributed by atoms with Gasteiger partial charge in [-0.15, -0.1) is 0 Å². The molecular weight excluding hydrogens is 279 g/mol. The second-order valence-electron chi connectivity index (χ2n) is 5.55. The fourth-order valence-corrected chi connectivity index (χ4v) is 2.95.